The molecule has 0 radical (unpaired) electrons. The summed E-state index contributed by atoms with van der Waals surface area (Å²) in [5.41, 5.74) is 1.78. The van der Waals surface area contributed by atoms with E-state index >= 15 is 0 Å². The molecule has 0 saturated carbocycles. The average molecular weight is 266 g/mol. The minimum Gasteiger partial charge on any atom is -0.360 e. The van der Waals surface area contributed by atoms with Crippen LogP contribution in [0.4, 0.5) is 0 Å². The Morgan fingerprint density at radius 3 is 2.80 bits per heavy atom. The Balaban J connectivity index is 2.70. The maximum atomic E-state index is 12.0. The lowest BCUT2D eigenvalue weighted by molar-refractivity contribution is 0.0941. The number of Topliss-reactive ketones (excluding diaryl/α,β-unsaturated/α-hetero) is 1. The number of ketones is 1. The van der Waals surface area contributed by atoms with Crippen LogP contribution in [0.2, 0.25) is 0 Å². The lowest BCUT2D eigenvalue weighted by atomic mass is 9.98. The Morgan fingerprint density at radius 2 is 2.13 bits per heavy atom. The average Bonchev–Trinajstić information content (AvgIpc) is 2.59. The lowest BCUT2D eigenvalue weighted by Gasteiger charge is -2.05. The summed E-state index contributed by atoms with van der Waals surface area (Å²) in [7, 11) is 0. The van der Waals surface area contributed by atoms with E-state index in [9.17, 15) is 4.79 Å². The third kappa shape index (κ3) is 1.72. The highest BCUT2D eigenvalue weighted by atomic mass is 79.9. The molecule has 3 heteroatoms. The van der Waals surface area contributed by atoms with E-state index in [0.29, 0.717) is 0 Å². The van der Waals surface area contributed by atoms with Gasteiger partial charge in [-0.15, -0.1) is 0 Å². The summed E-state index contributed by atoms with van der Waals surface area (Å²) in [4.78, 5) is 15.1. The normalized spacial score (nSPS) is 11.2. The lowest BCUT2D eigenvalue weighted by Crippen LogP contribution is -2.07. The Labute approximate surface area is 96.8 Å². The summed E-state index contributed by atoms with van der Waals surface area (Å²) < 4.78 is 0.946. The second-order valence-electron chi connectivity index (χ2n) is 3.88. The molecular weight excluding hydrogens is 254 g/mol. The van der Waals surface area contributed by atoms with Crippen LogP contribution in [0.1, 0.15) is 24.2 Å². The van der Waals surface area contributed by atoms with Crippen LogP contribution in [0.25, 0.3) is 10.9 Å². The molecule has 15 heavy (non-hydrogen) atoms. The quantitative estimate of drug-likeness (QED) is 0.824. The molecule has 0 aliphatic carbocycles. The van der Waals surface area contributed by atoms with Crippen molar-refractivity contribution in [1.82, 2.24) is 4.98 Å². The maximum Gasteiger partial charge on any atom is 0.166 e. The summed E-state index contributed by atoms with van der Waals surface area (Å²) in [6.07, 6.45) is 1.86. The summed E-state index contributed by atoms with van der Waals surface area (Å²) in [5, 5.41) is 0.983. The predicted octanol–water partition coefficient (Wildman–Crippen LogP) is 3.77. The van der Waals surface area contributed by atoms with Gasteiger partial charge in [-0.1, -0.05) is 26.0 Å². The molecule has 1 aromatic heterocycles. The molecule has 0 atom stereocenters. The zero-order chi connectivity index (χ0) is 11.0. The third-order valence-corrected chi connectivity index (χ3v) is 3.07. The second kappa shape index (κ2) is 3.81. The van der Waals surface area contributed by atoms with Crippen molar-refractivity contribution in [2.24, 2.45) is 5.92 Å². The first-order valence-electron chi connectivity index (χ1n) is 4.91. The van der Waals surface area contributed by atoms with Gasteiger partial charge in [0.15, 0.2) is 5.78 Å². The molecular formula is C12H12BrNO. The molecule has 0 unspecified atom stereocenters. The van der Waals surface area contributed by atoms with Crippen LogP contribution in [0, 0.1) is 5.92 Å². The number of fused-ring (bicyclic) bond motifs is 1. The molecule has 1 heterocycles. The van der Waals surface area contributed by atoms with Crippen LogP contribution in [0.15, 0.2) is 28.9 Å². The molecule has 0 fully saturated rings. The highest BCUT2D eigenvalue weighted by molar-refractivity contribution is 9.10. The van der Waals surface area contributed by atoms with Crippen LogP contribution in [-0.2, 0) is 0 Å². The Hall–Kier alpha value is -1.09. The predicted molar refractivity (Wildman–Crippen MR) is 65.2 cm³/mol. The molecule has 2 nitrogen and oxygen atoms in total. The summed E-state index contributed by atoms with van der Waals surface area (Å²) in [5.74, 6) is 0.207. The molecule has 0 bridgehead atoms. The fourth-order valence-corrected chi connectivity index (χ4v) is 2.20. The molecule has 0 saturated heterocycles. The fraction of sp³-hybridized carbons (Fsp3) is 0.250. The van der Waals surface area contributed by atoms with Crippen molar-refractivity contribution in [2.75, 3.05) is 0 Å². The number of hydrogen-bond acceptors (Lipinski definition) is 1. The van der Waals surface area contributed by atoms with Gasteiger partial charge in [0.25, 0.3) is 0 Å². The highest BCUT2D eigenvalue weighted by Gasteiger charge is 2.15. The number of halogens is 1. The van der Waals surface area contributed by atoms with E-state index in [1.54, 1.807) is 0 Å². The minimum atomic E-state index is 0.0254. The van der Waals surface area contributed by atoms with Gasteiger partial charge in [-0.05, 0) is 22.0 Å². The summed E-state index contributed by atoms with van der Waals surface area (Å²) in [6.45, 7) is 3.84. The second-order valence-corrected chi connectivity index (χ2v) is 4.74. The molecule has 0 amide bonds. The number of hydrogen-bond donors (Lipinski definition) is 1. The Morgan fingerprint density at radius 1 is 1.40 bits per heavy atom. The zero-order valence-electron chi connectivity index (χ0n) is 8.67. The van der Waals surface area contributed by atoms with E-state index in [0.717, 1.165) is 20.9 Å². The molecule has 2 aromatic rings. The first kappa shape index (κ1) is 10.4. The first-order chi connectivity index (χ1) is 7.11. The number of aromatic amines is 1. The van der Waals surface area contributed by atoms with Crippen LogP contribution in [0.3, 0.4) is 0 Å². The van der Waals surface area contributed by atoms with E-state index in [1.807, 2.05) is 38.2 Å². The van der Waals surface area contributed by atoms with Crippen molar-refractivity contribution in [3.05, 3.63) is 34.4 Å². The number of H-pyrrole nitrogens is 1. The topological polar surface area (TPSA) is 32.9 Å². The number of benzene rings is 1. The number of aromatic nitrogens is 1. The Bertz CT molecular complexity index is 513. The van der Waals surface area contributed by atoms with E-state index in [1.165, 1.54) is 0 Å². The van der Waals surface area contributed by atoms with Crippen molar-refractivity contribution >= 4 is 32.6 Å². The van der Waals surface area contributed by atoms with Crippen LogP contribution in [-0.4, -0.2) is 10.8 Å². The smallest absolute Gasteiger partial charge is 0.166 e. The fourth-order valence-electron chi connectivity index (χ4n) is 1.66. The van der Waals surface area contributed by atoms with Crippen molar-refractivity contribution in [3.8, 4) is 0 Å². The third-order valence-electron chi connectivity index (χ3n) is 2.45. The molecule has 0 spiro atoms. The SMILES string of the molecule is CC(C)C(=O)c1cccc2[nH]cc(Br)c12. The van der Waals surface area contributed by atoms with Gasteiger partial charge >= 0.3 is 0 Å². The molecule has 2 rings (SSSR count). The van der Waals surface area contributed by atoms with Gasteiger partial charge in [0.2, 0.25) is 0 Å². The molecule has 0 aliphatic rings. The largest absolute Gasteiger partial charge is 0.360 e. The molecule has 1 aromatic carbocycles. The summed E-state index contributed by atoms with van der Waals surface area (Å²) in [6, 6.07) is 5.75. The van der Waals surface area contributed by atoms with E-state index in [4.69, 9.17) is 0 Å². The number of rotatable bonds is 2. The van der Waals surface area contributed by atoms with Gasteiger partial charge in [0.1, 0.15) is 0 Å². The van der Waals surface area contributed by atoms with Gasteiger partial charge < -0.3 is 4.98 Å². The molecule has 0 aliphatic heterocycles. The van der Waals surface area contributed by atoms with E-state index < -0.39 is 0 Å². The first-order valence-corrected chi connectivity index (χ1v) is 5.70. The van der Waals surface area contributed by atoms with Gasteiger partial charge in [0.05, 0.1) is 0 Å². The van der Waals surface area contributed by atoms with Crippen molar-refractivity contribution in [2.45, 2.75) is 13.8 Å². The van der Waals surface area contributed by atoms with Crippen molar-refractivity contribution < 1.29 is 4.79 Å². The van der Waals surface area contributed by atoms with Gasteiger partial charge in [-0.3, -0.25) is 4.79 Å². The van der Waals surface area contributed by atoms with Gasteiger partial charge in [0, 0.05) is 33.1 Å². The standard InChI is InChI=1S/C12H12BrNO/c1-7(2)12(15)8-4-3-5-10-11(8)9(13)6-14-10/h3-7,14H,1-2H3. The molecule has 1 N–H and O–H groups in total. The number of carbonyl (C=O) groups excluding carboxylic acids is 1. The van der Waals surface area contributed by atoms with Crippen molar-refractivity contribution in [1.29, 1.82) is 0 Å². The van der Waals surface area contributed by atoms with E-state index in [-0.39, 0.29) is 11.7 Å². The highest BCUT2D eigenvalue weighted by Crippen LogP contribution is 2.28. The number of nitrogens with one attached hydrogen (secondary N) is 1. The zero-order valence-corrected chi connectivity index (χ0v) is 10.3. The monoisotopic (exact) mass is 265 g/mol. The molecule has 78 valence electrons. The van der Waals surface area contributed by atoms with Gasteiger partial charge in [-0.25, -0.2) is 0 Å². The van der Waals surface area contributed by atoms with Crippen LogP contribution < -0.4 is 0 Å². The van der Waals surface area contributed by atoms with Crippen LogP contribution in [0.5, 0.6) is 0 Å². The minimum absolute atomic E-state index is 0.0254. The summed E-state index contributed by atoms with van der Waals surface area (Å²) >= 11 is 3.45. The number of carbonyl (C=O) groups is 1. The Kier molecular flexibility index (Phi) is 2.65. The van der Waals surface area contributed by atoms with Gasteiger partial charge in [-0.2, -0.15) is 0 Å². The van der Waals surface area contributed by atoms with Crippen molar-refractivity contribution in [3.63, 3.8) is 0 Å². The van der Waals surface area contributed by atoms with E-state index in [2.05, 4.69) is 20.9 Å². The van der Waals surface area contributed by atoms with Crippen LogP contribution >= 0.6 is 15.9 Å². The maximum absolute atomic E-state index is 12.0.